The van der Waals surface area contributed by atoms with Crippen LogP contribution in [0.3, 0.4) is 0 Å². The Morgan fingerprint density at radius 2 is 1.93 bits per heavy atom. The van der Waals surface area contributed by atoms with E-state index in [1.807, 2.05) is 49.1 Å². The summed E-state index contributed by atoms with van der Waals surface area (Å²) in [6.07, 6.45) is 4.90. The summed E-state index contributed by atoms with van der Waals surface area (Å²) in [5.41, 5.74) is 3.69. The summed E-state index contributed by atoms with van der Waals surface area (Å²) in [5, 5.41) is 3.04. The molecular weight excluding hydrogens is 350 g/mol. The number of carbonyl (C=O) groups is 2. The van der Waals surface area contributed by atoms with Crippen LogP contribution in [0.1, 0.15) is 46.4 Å². The minimum absolute atomic E-state index is 0.0399. The highest BCUT2D eigenvalue weighted by molar-refractivity contribution is 5.95. The number of hydrogen-bond acceptors (Lipinski definition) is 3. The number of amides is 2. The first-order valence-corrected chi connectivity index (χ1v) is 10.0. The molecule has 2 fully saturated rings. The van der Waals surface area contributed by atoms with Crippen LogP contribution in [0.15, 0.2) is 42.6 Å². The normalized spacial score (nSPS) is 20.1. The highest BCUT2D eigenvalue weighted by atomic mass is 16.2. The van der Waals surface area contributed by atoms with Gasteiger partial charge in [-0.15, -0.1) is 0 Å². The van der Waals surface area contributed by atoms with Crippen molar-refractivity contribution in [2.75, 3.05) is 13.1 Å². The Labute approximate surface area is 166 Å². The molecule has 1 aromatic heterocycles. The third-order valence-electron chi connectivity index (χ3n) is 6.24. The number of nitrogens with zero attached hydrogens (tertiary/aromatic N) is 2. The van der Waals surface area contributed by atoms with Gasteiger partial charge < -0.3 is 10.2 Å². The summed E-state index contributed by atoms with van der Waals surface area (Å²) in [7, 11) is 0. The molecule has 1 unspecified atom stereocenters. The summed E-state index contributed by atoms with van der Waals surface area (Å²) in [6.45, 7) is 5.63. The van der Waals surface area contributed by atoms with Gasteiger partial charge in [0.15, 0.2) is 0 Å². The predicted molar refractivity (Wildman–Crippen MR) is 108 cm³/mol. The number of likely N-dealkylation sites (tertiary alicyclic amines) is 1. The van der Waals surface area contributed by atoms with Crippen LogP contribution in [-0.2, 0) is 11.3 Å². The van der Waals surface area contributed by atoms with E-state index < -0.39 is 0 Å². The van der Waals surface area contributed by atoms with Gasteiger partial charge in [0.05, 0.1) is 18.2 Å². The summed E-state index contributed by atoms with van der Waals surface area (Å²) >= 11 is 0. The van der Waals surface area contributed by atoms with E-state index in [0.717, 1.165) is 41.6 Å². The first kappa shape index (κ1) is 18.7. The SMILES string of the molecule is Cc1cc(C)cc(C(=O)N2CC(C(=O)NCc3ccccn3)C3(CCC3)C2)c1. The summed E-state index contributed by atoms with van der Waals surface area (Å²) < 4.78 is 0. The molecule has 4 rings (SSSR count). The van der Waals surface area contributed by atoms with E-state index in [4.69, 9.17) is 0 Å². The van der Waals surface area contributed by atoms with E-state index >= 15 is 0 Å². The standard InChI is InChI=1S/C23H27N3O2/c1-16-10-17(2)12-18(11-16)22(28)26-14-20(23(15-26)7-5-8-23)21(27)25-13-19-6-3-4-9-24-19/h3-4,6,9-12,20H,5,7-8,13-15H2,1-2H3,(H,25,27). The number of benzene rings is 1. The number of aryl methyl sites for hydroxylation is 2. The number of nitrogens with one attached hydrogen (secondary N) is 1. The lowest BCUT2D eigenvalue weighted by atomic mass is 9.62. The summed E-state index contributed by atoms with van der Waals surface area (Å²) in [5.74, 6) is -0.0565. The Morgan fingerprint density at radius 1 is 1.18 bits per heavy atom. The average molecular weight is 377 g/mol. The van der Waals surface area contributed by atoms with Crippen molar-refractivity contribution < 1.29 is 9.59 Å². The Kier molecular flexibility index (Phi) is 4.92. The number of carbonyl (C=O) groups excluding carboxylic acids is 2. The molecular formula is C23H27N3O2. The van der Waals surface area contributed by atoms with Crippen molar-refractivity contribution in [3.05, 3.63) is 65.0 Å². The van der Waals surface area contributed by atoms with Gasteiger partial charge >= 0.3 is 0 Å². The molecule has 1 N–H and O–H groups in total. The van der Waals surface area contributed by atoms with E-state index in [1.165, 1.54) is 0 Å². The lowest BCUT2D eigenvalue weighted by molar-refractivity contribution is -0.129. The number of rotatable bonds is 4. The molecule has 2 amide bonds. The molecule has 2 heterocycles. The largest absolute Gasteiger partial charge is 0.350 e. The van der Waals surface area contributed by atoms with Crippen LogP contribution in [0.5, 0.6) is 0 Å². The first-order valence-electron chi connectivity index (χ1n) is 10.0. The van der Waals surface area contributed by atoms with Crippen LogP contribution in [0, 0.1) is 25.2 Å². The zero-order chi connectivity index (χ0) is 19.7. The Hall–Kier alpha value is -2.69. The molecule has 146 valence electrons. The van der Waals surface area contributed by atoms with E-state index in [1.54, 1.807) is 6.20 Å². The molecule has 1 aliphatic carbocycles. The zero-order valence-electron chi connectivity index (χ0n) is 16.6. The Morgan fingerprint density at radius 3 is 2.54 bits per heavy atom. The maximum absolute atomic E-state index is 13.1. The minimum Gasteiger partial charge on any atom is -0.350 e. The third kappa shape index (κ3) is 3.53. The Balaban J connectivity index is 1.47. The van der Waals surface area contributed by atoms with Gasteiger partial charge in [-0.25, -0.2) is 0 Å². The van der Waals surface area contributed by atoms with E-state index in [9.17, 15) is 9.59 Å². The van der Waals surface area contributed by atoms with Gasteiger partial charge in [0, 0.05) is 30.3 Å². The fraction of sp³-hybridized carbons (Fsp3) is 0.435. The van der Waals surface area contributed by atoms with Gasteiger partial charge in [-0.3, -0.25) is 14.6 Å². The molecule has 5 nitrogen and oxygen atoms in total. The fourth-order valence-electron chi connectivity index (χ4n) is 4.71. The van der Waals surface area contributed by atoms with Gasteiger partial charge in [0.2, 0.25) is 5.91 Å². The highest BCUT2D eigenvalue weighted by Crippen LogP contribution is 2.52. The van der Waals surface area contributed by atoms with Crippen molar-refractivity contribution in [1.82, 2.24) is 15.2 Å². The van der Waals surface area contributed by atoms with Crippen LogP contribution < -0.4 is 5.32 Å². The molecule has 1 atom stereocenters. The smallest absolute Gasteiger partial charge is 0.253 e. The highest BCUT2D eigenvalue weighted by Gasteiger charge is 2.54. The lowest BCUT2D eigenvalue weighted by Crippen LogP contribution is -2.45. The molecule has 1 aromatic carbocycles. The lowest BCUT2D eigenvalue weighted by Gasteiger charge is -2.41. The molecule has 1 spiro atoms. The number of hydrogen-bond donors (Lipinski definition) is 1. The molecule has 0 bridgehead atoms. The maximum atomic E-state index is 13.1. The molecule has 2 aliphatic rings. The quantitative estimate of drug-likeness (QED) is 0.890. The van der Waals surface area contributed by atoms with Gasteiger partial charge in [-0.1, -0.05) is 29.7 Å². The van der Waals surface area contributed by atoms with Gasteiger partial charge in [-0.2, -0.15) is 0 Å². The summed E-state index contributed by atoms with van der Waals surface area (Å²) in [6, 6.07) is 11.6. The second kappa shape index (κ2) is 7.38. The molecule has 1 saturated heterocycles. The van der Waals surface area contributed by atoms with Crippen LogP contribution in [0.4, 0.5) is 0 Å². The van der Waals surface area contributed by atoms with Crippen molar-refractivity contribution in [3.63, 3.8) is 0 Å². The summed E-state index contributed by atoms with van der Waals surface area (Å²) in [4.78, 5) is 32.2. The zero-order valence-corrected chi connectivity index (χ0v) is 16.6. The number of aromatic nitrogens is 1. The van der Waals surface area contributed by atoms with E-state index in [0.29, 0.717) is 19.6 Å². The third-order valence-corrected chi connectivity index (χ3v) is 6.24. The molecule has 0 radical (unpaired) electrons. The predicted octanol–water partition coefficient (Wildman–Crippen LogP) is 3.26. The van der Waals surface area contributed by atoms with Crippen LogP contribution in [-0.4, -0.2) is 34.8 Å². The van der Waals surface area contributed by atoms with Crippen molar-refractivity contribution in [1.29, 1.82) is 0 Å². The average Bonchev–Trinajstić information content (AvgIpc) is 3.07. The minimum atomic E-state index is -0.139. The van der Waals surface area contributed by atoms with Crippen molar-refractivity contribution in [2.24, 2.45) is 11.3 Å². The van der Waals surface area contributed by atoms with Gasteiger partial charge in [0.1, 0.15) is 0 Å². The molecule has 1 saturated carbocycles. The first-order chi connectivity index (χ1) is 13.5. The molecule has 1 aliphatic heterocycles. The van der Waals surface area contributed by atoms with Crippen LogP contribution >= 0.6 is 0 Å². The number of pyridine rings is 1. The van der Waals surface area contributed by atoms with Crippen LogP contribution in [0.2, 0.25) is 0 Å². The topological polar surface area (TPSA) is 62.3 Å². The molecule has 5 heteroatoms. The van der Waals surface area contributed by atoms with Crippen molar-refractivity contribution in [3.8, 4) is 0 Å². The second-order valence-electron chi connectivity index (χ2n) is 8.37. The second-order valence-corrected chi connectivity index (χ2v) is 8.37. The van der Waals surface area contributed by atoms with Crippen LogP contribution in [0.25, 0.3) is 0 Å². The monoisotopic (exact) mass is 377 g/mol. The maximum Gasteiger partial charge on any atom is 0.253 e. The molecule has 28 heavy (non-hydrogen) atoms. The van der Waals surface area contributed by atoms with Gasteiger partial charge in [-0.05, 0) is 51.0 Å². The van der Waals surface area contributed by atoms with E-state index in [-0.39, 0.29) is 23.1 Å². The van der Waals surface area contributed by atoms with Crippen molar-refractivity contribution >= 4 is 11.8 Å². The van der Waals surface area contributed by atoms with Gasteiger partial charge in [0.25, 0.3) is 5.91 Å². The van der Waals surface area contributed by atoms with E-state index in [2.05, 4.69) is 16.4 Å². The van der Waals surface area contributed by atoms with Crippen molar-refractivity contribution in [2.45, 2.75) is 39.7 Å². The fourth-order valence-corrected chi connectivity index (χ4v) is 4.71. The molecule has 2 aromatic rings. The Bertz CT molecular complexity index is 870.